The van der Waals surface area contributed by atoms with E-state index in [1.807, 2.05) is 0 Å². The van der Waals surface area contributed by atoms with Gasteiger partial charge in [-0.05, 0) is 25.0 Å². The van der Waals surface area contributed by atoms with Crippen molar-refractivity contribution in [3.8, 4) is 0 Å². The molecule has 1 saturated carbocycles. The Bertz CT molecular complexity index is 430. The average molecular weight is 270 g/mol. The van der Waals surface area contributed by atoms with Crippen LogP contribution >= 0.6 is 11.6 Å². The first-order valence-corrected chi connectivity index (χ1v) is 6.79. The van der Waals surface area contributed by atoms with Gasteiger partial charge in [-0.2, -0.15) is 0 Å². The van der Waals surface area contributed by atoms with Crippen LogP contribution < -0.4 is 5.32 Å². The number of carbonyl (C=O) groups is 1. The first-order valence-electron chi connectivity index (χ1n) is 6.26. The first-order chi connectivity index (χ1) is 8.67. The molecular formula is C14H17ClFNO. The Labute approximate surface area is 112 Å². The third-order valence-electron chi connectivity index (χ3n) is 3.69. The highest BCUT2D eigenvalue weighted by Gasteiger charge is 2.33. The fourth-order valence-electron chi connectivity index (χ4n) is 2.49. The number of amides is 1. The van der Waals surface area contributed by atoms with Crippen LogP contribution in [0.1, 0.15) is 36.0 Å². The molecule has 1 aliphatic rings. The van der Waals surface area contributed by atoms with Gasteiger partial charge in [0.1, 0.15) is 5.82 Å². The summed E-state index contributed by atoms with van der Waals surface area (Å²) in [5.41, 5.74) is 0.0999. The first kappa shape index (κ1) is 13.3. The number of hydrogen-bond acceptors (Lipinski definition) is 1. The third-order valence-corrected chi connectivity index (χ3v) is 4.26. The Kier molecular flexibility index (Phi) is 4.23. The molecule has 1 fully saturated rings. The highest BCUT2D eigenvalue weighted by molar-refractivity contribution is 6.18. The van der Waals surface area contributed by atoms with Crippen LogP contribution in [0.2, 0.25) is 0 Å². The van der Waals surface area contributed by atoms with E-state index in [4.69, 9.17) is 11.6 Å². The number of nitrogens with one attached hydrogen (secondary N) is 1. The Balaban J connectivity index is 1.98. The predicted octanol–water partition coefficient (Wildman–Crippen LogP) is 3.35. The van der Waals surface area contributed by atoms with Crippen LogP contribution in [0.3, 0.4) is 0 Å². The Morgan fingerprint density at radius 2 is 2.00 bits per heavy atom. The number of hydrogen-bond donors (Lipinski definition) is 1. The molecule has 0 aromatic heterocycles. The van der Waals surface area contributed by atoms with Crippen molar-refractivity contribution >= 4 is 17.5 Å². The number of halogens is 2. The highest BCUT2D eigenvalue weighted by atomic mass is 35.5. The average Bonchev–Trinajstić information content (AvgIpc) is 2.86. The number of alkyl halides is 1. The van der Waals surface area contributed by atoms with Gasteiger partial charge < -0.3 is 5.32 Å². The molecule has 0 atom stereocenters. The molecule has 2 rings (SSSR count). The molecule has 4 heteroatoms. The van der Waals surface area contributed by atoms with Gasteiger partial charge in [-0.25, -0.2) is 4.39 Å². The molecule has 1 aromatic rings. The third kappa shape index (κ3) is 2.83. The van der Waals surface area contributed by atoms with Crippen LogP contribution in [0.4, 0.5) is 4.39 Å². The molecule has 0 bridgehead atoms. The zero-order valence-corrected chi connectivity index (χ0v) is 11.0. The van der Waals surface area contributed by atoms with Crippen LogP contribution in [0.15, 0.2) is 24.3 Å². The molecule has 0 spiro atoms. The molecule has 0 saturated heterocycles. The molecule has 0 unspecified atom stereocenters. The van der Waals surface area contributed by atoms with Crippen molar-refractivity contribution < 1.29 is 9.18 Å². The summed E-state index contributed by atoms with van der Waals surface area (Å²) in [5.74, 6) is -0.296. The van der Waals surface area contributed by atoms with Gasteiger partial charge in [0.2, 0.25) is 0 Å². The topological polar surface area (TPSA) is 29.1 Å². The second-order valence-electron chi connectivity index (χ2n) is 5.00. The van der Waals surface area contributed by atoms with Crippen LogP contribution in [0.25, 0.3) is 0 Å². The molecule has 1 aromatic carbocycles. The number of rotatable bonds is 4. The summed E-state index contributed by atoms with van der Waals surface area (Å²) in [7, 11) is 0. The molecule has 98 valence electrons. The molecule has 18 heavy (non-hydrogen) atoms. The smallest absolute Gasteiger partial charge is 0.254 e. The standard InChI is InChI=1S/C14H17ClFNO/c15-9-14(7-3-4-8-14)10-17-13(18)11-5-1-2-6-12(11)16/h1-2,5-6H,3-4,7-10H2,(H,17,18). The van der Waals surface area contributed by atoms with Crippen molar-refractivity contribution in [2.45, 2.75) is 25.7 Å². The SMILES string of the molecule is O=C(NCC1(CCl)CCCC1)c1ccccc1F. The van der Waals surface area contributed by atoms with Crippen LogP contribution in [-0.4, -0.2) is 18.3 Å². The summed E-state index contributed by atoms with van der Waals surface area (Å²) < 4.78 is 13.4. The summed E-state index contributed by atoms with van der Waals surface area (Å²) in [5, 5.41) is 2.81. The van der Waals surface area contributed by atoms with Crippen LogP contribution in [0.5, 0.6) is 0 Å². The minimum atomic E-state index is -0.485. The monoisotopic (exact) mass is 269 g/mol. The van der Waals surface area contributed by atoms with Gasteiger partial charge >= 0.3 is 0 Å². The van der Waals surface area contributed by atoms with Gasteiger partial charge in [-0.3, -0.25) is 4.79 Å². The van der Waals surface area contributed by atoms with E-state index < -0.39 is 5.82 Å². The molecule has 0 aliphatic heterocycles. The molecule has 1 aliphatic carbocycles. The highest BCUT2D eigenvalue weighted by Crippen LogP contribution is 2.38. The van der Waals surface area contributed by atoms with Crippen molar-refractivity contribution in [2.24, 2.45) is 5.41 Å². The summed E-state index contributed by atoms with van der Waals surface area (Å²) in [6, 6.07) is 6.02. The second-order valence-corrected chi connectivity index (χ2v) is 5.27. The largest absolute Gasteiger partial charge is 0.351 e. The maximum atomic E-state index is 13.4. The second kappa shape index (κ2) is 5.70. The van der Waals surface area contributed by atoms with E-state index >= 15 is 0 Å². The zero-order valence-electron chi connectivity index (χ0n) is 10.2. The number of carbonyl (C=O) groups excluding carboxylic acids is 1. The lowest BCUT2D eigenvalue weighted by Gasteiger charge is -2.26. The maximum absolute atomic E-state index is 13.4. The van der Waals surface area contributed by atoms with Crippen molar-refractivity contribution in [3.63, 3.8) is 0 Å². The predicted molar refractivity (Wildman–Crippen MR) is 70.4 cm³/mol. The molecule has 0 heterocycles. The van der Waals surface area contributed by atoms with E-state index in [9.17, 15) is 9.18 Å². The maximum Gasteiger partial charge on any atom is 0.254 e. The van der Waals surface area contributed by atoms with Gasteiger partial charge in [0, 0.05) is 17.8 Å². The van der Waals surface area contributed by atoms with Gasteiger partial charge in [0.05, 0.1) is 5.56 Å². The number of benzene rings is 1. The summed E-state index contributed by atoms with van der Waals surface area (Å²) in [6.45, 7) is 0.531. The fourth-order valence-corrected chi connectivity index (χ4v) is 2.85. The Hall–Kier alpha value is -1.09. The lowest BCUT2D eigenvalue weighted by Crippen LogP contribution is -2.37. The normalized spacial score (nSPS) is 17.7. The summed E-state index contributed by atoms with van der Waals surface area (Å²) in [6.07, 6.45) is 4.38. The molecular weight excluding hydrogens is 253 g/mol. The van der Waals surface area contributed by atoms with E-state index in [1.165, 1.54) is 12.1 Å². The molecule has 1 amide bonds. The Morgan fingerprint density at radius 3 is 2.61 bits per heavy atom. The van der Waals surface area contributed by atoms with Gasteiger partial charge in [-0.15, -0.1) is 11.6 Å². The van der Waals surface area contributed by atoms with E-state index in [0.717, 1.165) is 25.7 Å². The van der Waals surface area contributed by atoms with Crippen molar-refractivity contribution in [3.05, 3.63) is 35.6 Å². The van der Waals surface area contributed by atoms with Crippen molar-refractivity contribution in [2.75, 3.05) is 12.4 Å². The molecule has 1 N–H and O–H groups in total. The van der Waals surface area contributed by atoms with E-state index in [-0.39, 0.29) is 16.9 Å². The van der Waals surface area contributed by atoms with Gasteiger partial charge in [0.25, 0.3) is 5.91 Å². The van der Waals surface area contributed by atoms with E-state index in [0.29, 0.717) is 12.4 Å². The summed E-state index contributed by atoms with van der Waals surface area (Å²) >= 11 is 6.00. The lowest BCUT2D eigenvalue weighted by atomic mass is 9.88. The molecule has 2 nitrogen and oxygen atoms in total. The minimum absolute atomic E-state index is 0.00245. The van der Waals surface area contributed by atoms with Gasteiger partial charge in [-0.1, -0.05) is 25.0 Å². The van der Waals surface area contributed by atoms with Crippen LogP contribution in [-0.2, 0) is 0 Å². The van der Waals surface area contributed by atoms with Crippen LogP contribution in [0, 0.1) is 11.2 Å². The summed E-state index contributed by atoms with van der Waals surface area (Å²) in [4.78, 5) is 11.9. The van der Waals surface area contributed by atoms with Crippen molar-refractivity contribution in [1.82, 2.24) is 5.32 Å². The van der Waals surface area contributed by atoms with Crippen molar-refractivity contribution in [1.29, 1.82) is 0 Å². The quantitative estimate of drug-likeness (QED) is 0.835. The zero-order chi connectivity index (χ0) is 13.0. The Morgan fingerprint density at radius 1 is 1.33 bits per heavy atom. The minimum Gasteiger partial charge on any atom is -0.351 e. The van der Waals surface area contributed by atoms with E-state index in [2.05, 4.69) is 5.32 Å². The molecule has 0 radical (unpaired) electrons. The van der Waals surface area contributed by atoms with E-state index in [1.54, 1.807) is 12.1 Å². The fraction of sp³-hybridized carbons (Fsp3) is 0.500. The lowest BCUT2D eigenvalue weighted by molar-refractivity contribution is 0.0931. The van der Waals surface area contributed by atoms with Gasteiger partial charge in [0.15, 0.2) is 0 Å².